The lowest BCUT2D eigenvalue weighted by Crippen LogP contribution is -2.41. The fourth-order valence-electron chi connectivity index (χ4n) is 5.01. The third-order valence-corrected chi connectivity index (χ3v) is 6.83. The summed E-state index contributed by atoms with van der Waals surface area (Å²) in [5.41, 5.74) is 0.996. The first-order valence-electron chi connectivity index (χ1n) is 10.4. The Morgan fingerprint density at radius 2 is 1.29 bits per heavy atom. The summed E-state index contributed by atoms with van der Waals surface area (Å²) in [6.07, 6.45) is 0.232. The molecule has 28 heavy (non-hydrogen) atoms. The Morgan fingerprint density at radius 3 is 1.75 bits per heavy atom. The van der Waals surface area contributed by atoms with Crippen molar-refractivity contribution in [1.29, 1.82) is 0 Å². The fraction of sp³-hybridized carbons (Fsp3) is 0.727. The second kappa shape index (κ2) is 8.58. The highest BCUT2D eigenvalue weighted by molar-refractivity contribution is 5.30. The second-order valence-corrected chi connectivity index (χ2v) is 8.49. The molecule has 0 heterocycles. The lowest BCUT2D eigenvalue weighted by atomic mass is 9.68. The molecular formula is C22H29F5O. The van der Waals surface area contributed by atoms with Gasteiger partial charge in [0.15, 0.2) is 0 Å². The van der Waals surface area contributed by atoms with Gasteiger partial charge in [-0.3, -0.25) is 0 Å². The van der Waals surface area contributed by atoms with Gasteiger partial charge in [0.05, 0.1) is 0 Å². The zero-order chi connectivity index (χ0) is 20.4. The van der Waals surface area contributed by atoms with E-state index < -0.39 is 18.0 Å². The van der Waals surface area contributed by atoms with Crippen LogP contribution in [0.25, 0.3) is 0 Å². The molecule has 1 nitrogen and oxygen atoms in total. The first-order valence-corrected chi connectivity index (χ1v) is 10.4. The molecule has 3 rings (SSSR count). The Kier molecular flexibility index (Phi) is 6.55. The van der Waals surface area contributed by atoms with Crippen LogP contribution >= 0.6 is 0 Å². The van der Waals surface area contributed by atoms with Gasteiger partial charge in [-0.2, -0.15) is 22.0 Å². The smallest absolute Gasteiger partial charge is 0.426 e. The summed E-state index contributed by atoms with van der Waals surface area (Å²) < 4.78 is 66.6. The quantitative estimate of drug-likeness (QED) is 0.457. The predicted octanol–water partition coefficient (Wildman–Crippen LogP) is 7.71. The van der Waals surface area contributed by atoms with Gasteiger partial charge in [-0.25, -0.2) is 0 Å². The molecule has 0 atom stereocenters. The molecule has 0 N–H and O–H groups in total. The third kappa shape index (κ3) is 4.98. The predicted molar refractivity (Wildman–Crippen MR) is 98.5 cm³/mol. The lowest BCUT2D eigenvalue weighted by Gasteiger charge is -2.38. The zero-order valence-corrected chi connectivity index (χ0v) is 16.3. The summed E-state index contributed by atoms with van der Waals surface area (Å²) in [5.74, 6) is 2.40. The Bertz CT molecular complexity index is 609. The number of rotatable bonds is 5. The second-order valence-electron chi connectivity index (χ2n) is 8.49. The average molecular weight is 404 g/mol. The average Bonchev–Trinajstić information content (AvgIpc) is 2.68. The molecule has 2 fully saturated rings. The van der Waals surface area contributed by atoms with Crippen molar-refractivity contribution in [3.8, 4) is 5.75 Å². The molecule has 0 bridgehead atoms. The lowest BCUT2D eigenvalue weighted by molar-refractivity contribution is -0.360. The molecule has 158 valence electrons. The zero-order valence-electron chi connectivity index (χ0n) is 16.3. The summed E-state index contributed by atoms with van der Waals surface area (Å²) >= 11 is 0. The van der Waals surface area contributed by atoms with Crippen molar-refractivity contribution in [2.45, 2.75) is 82.9 Å². The van der Waals surface area contributed by atoms with E-state index in [1.807, 2.05) is 0 Å². The van der Waals surface area contributed by atoms with Crippen molar-refractivity contribution < 1.29 is 26.7 Å². The van der Waals surface area contributed by atoms with Crippen LogP contribution < -0.4 is 4.74 Å². The maximum Gasteiger partial charge on any atom is 0.499 e. The molecule has 2 aliphatic rings. The molecular weight excluding hydrogens is 375 g/mol. The van der Waals surface area contributed by atoms with E-state index in [0.717, 1.165) is 36.2 Å². The van der Waals surface area contributed by atoms with E-state index in [0.29, 0.717) is 5.92 Å². The minimum Gasteiger partial charge on any atom is -0.426 e. The van der Waals surface area contributed by atoms with Crippen LogP contribution in [0.4, 0.5) is 22.0 Å². The van der Waals surface area contributed by atoms with Crippen LogP contribution in [0.5, 0.6) is 5.75 Å². The number of benzene rings is 1. The van der Waals surface area contributed by atoms with Crippen LogP contribution in [0, 0.1) is 17.8 Å². The summed E-state index contributed by atoms with van der Waals surface area (Å²) in [6.45, 7) is 2.27. The Morgan fingerprint density at radius 1 is 0.786 bits per heavy atom. The molecule has 1 aromatic carbocycles. The van der Waals surface area contributed by atoms with Gasteiger partial charge in [0, 0.05) is 0 Å². The van der Waals surface area contributed by atoms with Gasteiger partial charge in [-0.1, -0.05) is 38.3 Å². The van der Waals surface area contributed by atoms with Crippen molar-refractivity contribution in [3.63, 3.8) is 0 Å². The van der Waals surface area contributed by atoms with E-state index in [1.54, 1.807) is 12.1 Å². The highest BCUT2D eigenvalue weighted by atomic mass is 19.4. The van der Waals surface area contributed by atoms with E-state index in [-0.39, 0.29) is 0 Å². The van der Waals surface area contributed by atoms with Gasteiger partial charge in [0.1, 0.15) is 5.75 Å². The van der Waals surface area contributed by atoms with Crippen molar-refractivity contribution in [1.82, 2.24) is 0 Å². The standard InChI is InChI=1S/C22H29F5O/c1-2-15-3-5-16(6-4-15)17-7-9-18(10-8-17)19-11-13-20(14-12-19)28-22(26,27)21(23,24)25/h11-18H,2-10H2,1H3. The fourth-order valence-corrected chi connectivity index (χ4v) is 5.01. The first-order chi connectivity index (χ1) is 13.2. The molecule has 0 unspecified atom stereocenters. The molecule has 0 spiro atoms. The van der Waals surface area contributed by atoms with Crippen LogP contribution in [0.15, 0.2) is 24.3 Å². The van der Waals surface area contributed by atoms with Gasteiger partial charge in [0.2, 0.25) is 0 Å². The maximum atomic E-state index is 13.0. The maximum absolute atomic E-state index is 13.0. The molecule has 2 aliphatic carbocycles. The molecule has 2 saturated carbocycles. The van der Waals surface area contributed by atoms with Crippen LogP contribution in [0.1, 0.15) is 76.2 Å². The molecule has 0 amide bonds. The van der Waals surface area contributed by atoms with Crippen LogP contribution in [-0.4, -0.2) is 12.3 Å². The molecule has 6 heteroatoms. The van der Waals surface area contributed by atoms with Crippen LogP contribution in [-0.2, 0) is 0 Å². The highest BCUT2D eigenvalue weighted by Gasteiger charge is 2.61. The summed E-state index contributed by atoms with van der Waals surface area (Å²) in [6, 6.07) is 5.68. The molecule has 0 aromatic heterocycles. The van der Waals surface area contributed by atoms with Crippen molar-refractivity contribution in [2.24, 2.45) is 17.8 Å². The minimum atomic E-state index is -5.72. The molecule has 1 aromatic rings. The number of ether oxygens (including phenoxy) is 1. The summed E-state index contributed by atoms with van der Waals surface area (Å²) in [5, 5.41) is 0. The number of hydrogen-bond donors (Lipinski definition) is 0. The monoisotopic (exact) mass is 404 g/mol. The molecule has 0 radical (unpaired) electrons. The molecule has 0 saturated heterocycles. The Hall–Kier alpha value is -1.33. The first kappa shape index (κ1) is 21.4. The van der Waals surface area contributed by atoms with E-state index in [2.05, 4.69) is 11.7 Å². The number of halogens is 5. The van der Waals surface area contributed by atoms with Gasteiger partial charge in [0.25, 0.3) is 0 Å². The normalized spacial score (nSPS) is 29.5. The Balaban J connectivity index is 1.51. The van der Waals surface area contributed by atoms with Gasteiger partial charge in [-0.15, -0.1) is 0 Å². The third-order valence-electron chi connectivity index (χ3n) is 6.83. The van der Waals surface area contributed by atoms with Gasteiger partial charge < -0.3 is 4.74 Å². The number of hydrogen-bond acceptors (Lipinski definition) is 1. The summed E-state index contributed by atoms with van der Waals surface area (Å²) in [4.78, 5) is 0. The van der Waals surface area contributed by atoms with Crippen LogP contribution in [0.2, 0.25) is 0 Å². The highest BCUT2D eigenvalue weighted by Crippen LogP contribution is 2.44. The van der Waals surface area contributed by atoms with Gasteiger partial charge in [-0.05, 0) is 79.9 Å². The van der Waals surface area contributed by atoms with Crippen molar-refractivity contribution in [2.75, 3.05) is 0 Å². The summed E-state index contributed by atoms with van der Waals surface area (Å²) in [7, 11) is 0. The van der Waals surface area contributed by atoms with Crippen molar-refractivity contribution >= 4 is 0 Å². The van der Waals surface area contributed by atoms with E-state index in [9.17, 15) is 22.0 Å². The largest absolute Gasteiger partial charge is 0.499 e. The SMILES string of the molecule is CCC1CCC(C2CCC(c3ccc(OC(F)(F)C(F)(F)F)cc3)CC2)CC1. The van der Waals surface area contributed by atoms with Crippen molar-refractivity contribution in [3.05, 3.63) is 29.8 Å². The topological polar surface area (TPSA) is 9.23 Å². The van der Waals surface area contributed by atoms with E-state index in [1.165, 1.54) is 57.1 Å². The van der Waals surface area contributed by atoms with Crippen LogP contribution in [0.3, 0.4) is 0 Å². The Labute approximate surface area is 163 Å². The van der Waals surface area contributed by atoms with E-state index >= 15 is 0 Å². The van der Waals surface area contributed by atoms with Gasteiger partial charge >= 0.3 is 12.3 Å². The molecule has 0 aliphatic heterocycles. The number of alkyl halides is 5. The van der Waals surface area contributed by atoms with E-state index in [4.69, 9.17) is 0 Å². The minimum absolute atomic E-state index is 0.348.